The number of ether oxygens (including phenoxy) is 1. The summed E-state index contributed by atoms with van der Waals surface area (Å²) in [6, 6.07) is 11.6. The Morgan fingerprint density at radius 2 is 2.04 bits per heavy atom. The van der Waals surface area contributed by atoms with E-state index in [1.54, 1.807) is 60.3 Å². The number of nitrogens with one attached hydrogen (secondary N) is 1. The van der Waals surface area contributed by atoms with Crippen LogP contribution < -0.4 is 10.1 Å². The molecule has 6 heteroatoms. The molecule has 0 spiro atoms. The van der Waals surface area contributed by atoms with Gasteiger partial charge in [0.05, 0.1) is 12.3 Å². The zero-order valence-electron chi connectivity index (χ0n) is 15.0. The topological polar surface area (TPSA) is 56.2 Å². The molecule has 138 valence electrons. The number of rotatable bonds is 6. The molecule has 0 bridgehead atoms. The van der Waals surface area contributed by atoms with Gasteiger partial charge in [-0.25, -0.2) is 9.37 Å². The van der Waals surface area contributed by atoms with E-state index in [2.05, 4.69) is 10.3 Å². The number of carbonyl (C=O) groups excluding carboxylic acids is 1. The van der Waals surface area contributed by atoms with Gasteiger partial charge in [-0.15, -0.1) is 0 Å². The summed E-state index contributed by atoms with van der Waals surface area (Å²) in [6.45, 7) is 2.53. The molecule has 0 unspecified atom stereocenters. The van der Waals surface area contributed by atoms with Gasteiger partial charge in [-0.2, -0.15) is 0 Å². The van der Waals surface area contributed by atoms with E-state index in [9.17, 15) is 9.18 Å². The summed E-state index contributed by atoms with van der Waals surface area (Å²) in [4.78, 5) is 16.5. The molecule has 1 saturated carbocycles. The summed E-state index contributed by atoms with van der Waals surface area (Å²) in [5, 5.41) is 2.72. The van der Waals surface area contributed by atoms with Gasteiger partial charge in [0.25, 0.3) is 5.91 Å². The SMILES string of the molecule is Cc1nccn1-c1ccc(NC(=O)c2ccc(OCC3CC3)cc2)cc1F. The van der Waals surface area contributed by atoms with Crippen LogP contribution in [0.2, 0.25) is 0 Å². The Balaban J connectivity index is 1.43. The molecule has 0 saturated heterocycles. The van der Waals surface area contributed by atoms with Crippen molar-refractivity contribution >= 4 is 11.6 Å². The number of anilines is 1. The quantitative estimate of drug-likeness (QED) is 0.706. The van der Waals surface area contributed by atoms with Crippen molar-refractivity contribution in [2.75, 3.05) is 11.9 Å². The summed E-state index contributed by atoms with van der Waals surface area (Å²) in [5.74, 6) is 1.39. The van der Waals surface area contributed by atoms with Gasteiger partial charge < -0.3 is 14.6 Å². The minimum Gasteiger partial charge on any atom is -0.493 e. The van der Waals surface area contributed by atoms with E-state index in [0.717, 1.165) is 12.4 Å². The Bertz CT molecular complexity index is 962. The second-order valence-electron chi connectivity index (χ2n) is 6.74. The van der Waals surface area contributed by atoms with Crippen molar-refractivity contribution in [3.8, 4) is 11.4 Å². The van der Waals surface area contributed by atoms with Crippen molar-refractivity contribution in [3.05, 3.63) is 72.1 Å². The number of benzene rings is 2. The fraction of sp³-hybridized carbons (Fsp3) is 0.238. The first kappa shape index (κ1) is 17.3. The van der Waals surface area contributed by atoms with Gasteiger partial charge in [-0.05, 0) is 68.1 Å². The van der Waals surface area contributed by atoms with E-state index < -0.39 is 5.82 Å². The fourth-order valence-corrected chi connectivity index (χ4v) is 2.82. The Kier molecular flexibility index (Phi) is 4.62. The van der Waals surface area contributed by atoms with Crippen LogP contribution in [0.4, 0.5) is 10.1 Å². The van der Waals surface area contributed by atoms with Crippen LogP contribution in [0, 0.1) is 18.7 Å². The minimum atomic E-state index is -0.433. The molecule has 0 atom stereocenters. The van der Waals surface area contributed by atoms with Gasteiger partial charge >= 0.3 is 0 Å². The molecule has 27 heavy (non-hydrogen) atoms. The van der Waals surface area contributed by atoms with E-state index in [1.807, 2.05) is 0 Å². The first-order chi connectivity index (χ1) is 13.1. The maximum Gasteiger partial charge on any atom is 0.255 e. The van der Waals surface area contributed by atoms with Gasteiger partial charge in [0.2, 0.25) is 0 Å². The van der Waals surface area contributed by atoms with Gasteiger partial charge in [0, 0.05) is 23.6 Å². The monoisotopic (exact) mass is 365 g/mol. The number of halogens is 1. The maximum absolute atomic E-state index is 14.4. The molecular weight excluding hydrogens is 345 g/mol. The minimum absolute atomic E-state index is 0.297. The van der Waals surface area contributed by atoms with Crippen LogP contribution >= 0.6 is 0 Å². The smallest absolute Gasteiger partial charge is 0.255 e. The Labute approximate surface area is 156 Å². The highest BCUT2D eigenvalue weighted by molar-refractivity contribution is 6.04. The molecule has 1 N–H and O–H groups in total. The molecule has 3 aromatic rings. The number of imidazole rings is 1. The number of aromatic nitrogens is 2. The molecule has 5 nitrogen and oxygen atoms in total. The summed E-state index contributed by atoms with van der Waals surface area (Å²) in [5.41, 5.74) is 1.27. The largest absolute Gasteiger partial charge is 0.493 e. The van der Waals surface area contributed by atoms with Gasteiger partial charge in [0.1, 0.15) is 17.4 Å². The van der Waals surface area contributed by atoms with Crippen molar-refractivity contribution in [2.24, 2.45) is 5.92 Å². The zero-order chi connectivity index (χ0) is 18.8. The zero-order valence-corrected chi connectivity index (χ0v) is 15.0. The number of amides is 1. The summed E-state index contributed by atoms with van der Waals surface area (Å²) in [6.07, 6.45) is 5.77. The lowest BCUT2D eigenvalue weighted by Gasteiger charge is -2.10. The Hall–Kier alpha value is -3.15. The molecule has 1 aliphatic rings. The highest BCUT2D eigenvalue weighted by atomic mass is 19.1. The van der Waals surface area contributed by atoms with E-state index in [-0.39, 0.29) is 5.91 Å². The van der Waals surface area contributed by atoms with E-state index in [1.165, 1.54) is 18.9 Å². The van der Waals surface area contributed by atoms with Crippen molar-refractivity contribution in [1.29, 1.82) is 0 Å². The lowest BCUT2D eigenvalue weighted by molar-refractivity contribution is 0.102. The fourth-order valence-electron chi connectivity index (χ4n) is 2.82. The normalized spacial score (nSPS) is 13.4. The van der Waals surface area contributed by atoms with Crippen LogP contribution in [0.3, 0.4) is 0 Å². The summed E-state index contributed by atoms with van der Waals surface area (Å²) in [7, 11) is 0. The molecule has 4 rings (SSSR count). The third kappa shape index (κ3) is 4.00. The number of nitrogens with zero attached hydrogens (tertiary/aromatic N) is 2. The van der Waals surface area contributed by atoms with Crippen LogP contribution in [0.15, 0.2) is 54.9 Å². The summed E-state index contributed by atoms with van der Waals surface area (Å²) < 4.78 is 21.8. The van der Waals surface area contributed by atoms with Crippen LogP contribution in [0.5, 0.6) is 5.75 Å². The molecular formula is C21H20FN3O2. The molecule has 1 heterocycles. The predicted molar refractivity (Wildman–Crippen MR) is 101 cm³/mol. The van der Waals surface area contributed by atoms with Crippen molar-refractivity contribution in [3.63, 3.8) is 0 Å². The Morgan fingerprint density at radius 3 is 2.67 bits per heavy atom. The second kappa shape index (κ2) is 7.23. The van der Waals surface area contributed by atoms with Crippen LogP contribution in [-0.4, -0.2) is 22.1 Å². The molecule has 1 amide bonds. The molecule has 1 fully saturated rings. The average Bonchev–Trinajstić information content (AvgIpc) is 3.41. The van der Waals surface area contributed by atoms with Crippen molar-refractivity contribution < 1.29 is 13.9 Å². The van der Waals surface area contributed by atoms with Crippen LogP contribution in [-0.2, 0) is 0 Å². The third-order valence-electron chi connectivity index (χ3n) is 4.59. The molecule has 1 aliphatic carbocycles. The number of hydrogen-bond donors (Lipinski definition) is 1. The van der Waals surface area contributed by atoms with E-state index >= 15 is 0 Å². The second-order valence-corrected chi connectivity index (χ2v) is 6.74. The van der Waals surface area contributed by atoms with E-state index in [4.69, 9.17) is 4.74 Å². The third-order valence-corrected chi connectivity index (χ3v) is 4.59. The highest BCUT2D eigenvalue weighted by Crippen LogP contribution is 2.29. The first-order valence-electron chi connectivity index (χ1n) is 8.94. The van der Waals surface area contributed by atoms with E-state index in [0.29, 0.717) is 28.7 Å². The van der Waals surface area contributed by atoms with Crippen LogP contribution in [0.1, 0.15) is 29.0 Å². The predicted octanol–water partition coefficient (Wildman–Crippen LogP) is 4.36. The molecule has 0 aliphatic heterocycles. The van der Waals surface area contributed by atoms with Crippen LogP contribution in [0.25, 0.3) is 5.69 Å². The maximum atomic E-state index is 14.4. The first-order valence-corrected chi connectivity index (χ1v) is 8.94. The summed E-state index contributed by atoms with van der Waals surface area (Å²) >= 11 is 0. The Morgan fingerprint density at radius 1 is 1.26 bits per heavy atom. The number of carbonyl (C=O) groups is 1. The lowest BCUT2D eigenvalue weighted by atomic mass is 10.2. The number of aryl methyl sites for hydroxylation is 1. The van der Waals surface area contributed by atoms with Crippen molar-refractivity contribution in [2.45, 2.75) is 19.8 Å². The average molecular weight is 365 g/mol. The standard InChI is InChI=1S/C21H20FN3O2/c1-14-23-10-11-25(14)20-9-6-17(12-19(20)22)24-21(26)16-4-7-18(8-5-16)27-13-15-2-3-15/h4-12,15H,2-3,13H2,1H3,(H,24,26). The van der Waals surface area contributed by atoms with Gasteiger partial charge in [0.15, 0.2) is 0 Å². The highest BCUT2D eigenvalue weighted by Gasteiger charge is 2.21. The number of hydrogen-bond acceptors (Lipinski definition) is 3. The van der Waals surface area contributed by atoms with Gasteiger partial charge in [-0.3, -0.25) is 4.79 Å². The molecule has 0 radical (unpaired) electrons. The molecule has 1 aromatic heterocycles. The van der Waals surface area contributed by atoms with Gasteiger partial charge in [-0.1, -0.05) is 0 Å². The lowest BCUT2D eigenvalue weighted by Crippen LogP contribution is -2.12. The van der Waals surface area contributed by atoms with Crippen molar-refractivity contribution in [1.82, 2.24) is 9.55 Å². The molecule has 2 aromatic carbocycles.